The summed E-state index contributed by atoms with van der Waals surface area (Å²) < 4.78 is 7.88. The van der Waals surface area contributed by atoms with E-state index in [1.54, 1.807) is 6.92 Å². The standard InChI is InChI=1S/C21H17ClN2O2/c1-13-3-10-20(26-13)21-23-18-9-6-16(14(2)25)11-19(18)24(21)12-15-4-7-17(22)8-5-15/h3-11H,12H2,1-2H3. The van der Waals surface area contributed by atoms with Crippen molar-refractivity contribution in [2.45, 2.75) is 20.4 Å². The number of rotatable bonds is 4. The first-order valence-electron chi connectivity index (χ1n) is 8.34. The predicted molar refractivity (Wildman–Crippen MR) is 103 cm³/mol. The molecule has 0 saturated carbocycles. The van der Waals surface area contributed by atoms with Crippen LogP contribution in [0.2, 0.25) is 5.02 Å². The fourth-order valence-corrected chi connectivity index (χ4v) is 3.14. The summed E-state index contributed by atoms with van der Waals surface area (Å²) in [6.07, 6.45) is 0. The molecular formula is C21H17ClN2O2. The maximum Gasteiger partial charge on any atom is 0.177 e. The largest absolute Gasteiger partial charge is 0.458 e. The molecule has 0 radical (unpaired) electrons. The lowest BCUT2D eigenvalue weighted by Crippen LogP contribution is -2.02. The quantitative estimate of drug-likeness (QED) is 0.448. The maximum absolute atomic E-state index is 11.8. The molecule has 0 amide bonds. The third-order valence-corrected chi connectivity index (χ3v) is 4.62. The molecule has 0 bridgehead atoms. The number of ketones is 1. The molecule has 0 unspecified atom stereocenters. The van der Waals surface area contributed by atoms with Gasteiger partial charge in [-0.25, -0.2) is 4.98 Å². The molecule has 0 aliphatic heterocycles. The third-order valence-electron chi connectivity index (χ3n) is 4.37. The number of carbonyl (C=O) groups is 1. The van der Waals surface area contributed by atoms with Crippen LogP contribution in [-0.2, 0) is 6.54 Å². The average molecular weight is 365 g/mol. The van der Waals surface area contributed by atoms with Crippen molar-refractivity contribution in [2.24, 2.45) is 0 Å². The predicted octanol–water partition coefficient (Wildman–Crippen LogP) is 5.51. The van der Waals surface area contributed by atoms with Gasteiger partial charge in [0.1, 0.15) is 5.76 Å². The second-order valence-corrected chi connectivity index (χ2v) is 6.75. The Kier molecular flexibility index (Phi) is 4.13. The molecule has 0 atom stereocenters. The number of benzene rings is 2. The lowest BCUT2D eigenvalue weighted by molar-refractivity contribution is 0.101. The van der Waals surface area contributed by atoms with Crippen molar-refractivity contribution in [2.75, 3.05) is 0 Å². The van der Waals surface area contributed by atoms with Crippen molar-refractivity contribution in [3.05, 3.63) is 76.5 Å². The molecule has 5 heteroatoms. The van der Waals surface area contributed by atoms with E-state index in [-0.39, 0.29) is 5.78 Å². The number of hydrogen-bond acceptors (Lipinski definition) is 3. The zero-order valence-electron chi connectivity index (χ0n) is 14.5. The Hall–Kier alpha value is -2.85. The zero-order valence-corrected chi connectivity index (χ0v) is 15.2. The van der Waals surface area contributed by atoms with E-state index in [0.29, 0.717) is 22.9 Å². The minimum Gasteiger partial charge on any atom is -0.458 e. The van der Waals surface area contributed by atoms with Crippen molar-refractivity contribution < 1.29 is 9.21 Å². The van der Waals surface area contributed by atoms with Crippen molar-refractivity contribution in [1.82, 2.24) is 9.55 Å². The summed E-state index contributed by atoms with van der Waals surface area (Å²) in [7, 11) is 0. The number of aryl methyl sites for hydroxylation is 1. The Morgan fingerprint density at radius 2 is 1.88 bits per heavy atom. The first-order chi connectivity index (χ1) is 12.5. The van der Waals surface area contributed by atoms with Crippen LogP contribution in [0.3, 0.4) is 0 Å². The average Bonchev–Trinajstić information content (AvgIpc) is 3.20. The lowest BCUT2D eigenvalue weighted by Gasteiger charge is -2.09. The van der Waals surface area contributed by atoms with Gasteiger partial charge in [-0.2, -0.15) is 0 Å². The van der Waals surface area contributed by atoms with Gasteiger partial charge in [0.15, 0.2) is 17.4 Å². The molecule has 0 N–H and O–H groups in total. The van der Waals surface area contributed by atoms with Gasteiger partial charge < -0.3 is 8.98 Å². The highest BCUT2D eigenvalue weighted by atomic mass is 35.5. The van der Waals surface area contributed by atoms with Gasteiger partial charge in [0, 0.05) is 17.1 Å². The highest BCUT2D eigenvalue weighted by Gasteiger charge is 2.17. The molecule has 0 fully saturated rings. The van der Waals surface area contributed by atoms with Crippen molar-refractivity contribution in [3.63, 3.8) is 0 Å². The maximum atomic E-state index is 11.8. The first-order valence-corrected chi connectivity index (χ1v) is 8.71. The fraction of sp³-hybridized carbons (Fsp3) is 0.143. The molecule has 2 aromatic carbocycles. The molecular weight excluding hydrogens is 348 g/mol. The Labute approximate surface area is 156 Å². The van der Waals surface area contributed by atoms with Crippen LogP contribution in [0.25, 0.3) is 22.6 Å². The minimum absolute atomic E-state index is 0.0292. The normalized spacial score (nSPS) is 11.2. The number of fused-ring (bicyclic) bond motifs is 1. The highest BCUT2D eigenvalue weighted by molar-refractivity contribution is 6.30. The SMILES string of the molecule is CC(=O)c1ccc2nc(-c3ccc(C)o3)n(Cc3ccc(Cl)cc3)c2c1. The number of imidazole rings is 1. The number of Topliss-reactive ketones (excluding diaryl/α,β-unsaturated/α-hetero) is 1. The number of nitrogens with zero attached hydrogens (tertiary/aromatic N) is 2. The molecule has 4 rings (SSSR count). The molecule has 2 heterocycles. The highest BCUT2D eigenvalue weighted by Crippen LogP contribution is 2.28. The third kappa shape index (κ3) is 3.04. The van der Waals surface area contributed by atoms with E-state index < -0.39 is 0 Å². The molecule has 4 aromatic rings. The van der Waals surface area contributed by atoms with Crippen LogP contribution in [0.5, 0.6) is 0 Å². The summed E-state index contributed by atoms with van der Waals surface area (Å²) >= 11 is 6.00. The second kappa shape index (κ2) is 6.46. The van der Waals surface area contributed by atoms with Gasteiger partial charge >= 0.3 is 0 Å². The van der Waals surface area contributed by atoms with Gasteiger partial charge in [0.05, 0.1) is 11.0 Å². The Morgan fingerprint density at radius 3 is 2.54 bits per heavy atom. The summed E-state index contributed by atoms with van der Waals surface area (Å²) in [5, 5.41) is 0.699. The van der Waals surface area contributed by atoms with Crippen LogP contribution in [0.1, 0.15) is 28.6 Å². The van der Waals surface area contributed by atoms with E-state index in [2.05, 4.69) is 4.57 Å². The van der Waals surface area contributed by atoms with Crippen LogP contribution in [0, 0.1) is 6.92 Å². The number of hydrogen-bond donors (Lipinski definition) is 0. The van der Waals surface area contributed by atoms with Gasteiger partial charge in [-0.1, -0.05) is 23.7 Å². The number of aromatic nitrogens is 2. The number of furan rings is 1. The van der Waals surface area contributed by atoms with E-state index in [9.17, 15) is 4.79 Å². The molecule has 26 heavy (non-hydrogen) atoms. The summed E-state index contributed by atoms with van der Waals surface area (Å²) in [5.41, 5.74) is 3.48. The number of halogens is 1. The molecule has 0 spiro atoms. The van der Waals surface area contributed by atoms with Gasteiger partial charge in [-0.15, -0.1) is 0 Å². The molecule has 4 nitrogen and oxygen atoms in total. The van der Waals surface area contributed by atoms with Crippen LogP contribution < -0.4 is 0 Å². The van der Waals surface area contributed by atoms with E-state index in [1.165, 1.54) is 0 Å². The van der Waals surface area contributed by atoms with Gasteiger partial charge in [0.25, 0.3) is 0 Å². The molecule has 0 aliphatic rings. The van der Waals surface area contributed by atoms with E-state index >= 15 is 0 Å². The first kappa shape index (κ1) is 16.6. The van der Waals surface area contributed by atoms with Gasteiger partial charge in [0.2, 0.25) is 0 Å². The molecule has 2 aromatic heterocycles. The Bertz CT molecular complexity index is 1110. The van der Waals surface area contributed by atoms with E-state index in [0.717, 1.165) is 28.2 Å². The fourth-order valence-electron chi connectivity index (χ4n) is 3.02. The van der Waals surface area contributed by atoms with Crippen molar-refractivity contribution in [1.29, 1.82) is 0 Å². The van der Waals surface area contributed by atoms with Crippen LogP contribution in [0.4, 0.5) is 0 Å². The van der Waals surface area contributed by atoms with Crippen LogP contribution in [0.15, 0.2) is 59.0 Å². The molecule has 0 saturated heterocycles. The Morgan fingerprint density at radius 1 is 1.12 bits per heavy atom. The smallest absolute Gasteiger partial charge is 0.177 e. The lowest BCUT2D eigenvalue weighted by atomic mass is 10.1. The van der Waals surface area contributed by atoms with Crippen molar-refractivity contribution >= 4 is 28.4 Å². The van der Waals surface area contributed by atoms with E-state index in [1.807, 2.05) is 61.5 Å². The summed E-state index contributed by atoms with van der Waals surface area (Å²) in [6.45, 7) is 4.07. The zero-order chi connectivity index (χ0) is 18.3. The van der Waals surface area contributed by atoms with Crippen LogP contribution >= 0.6 is 11.6 Å². The minimum atomic E-state index is 0.0292. The molecule has 0 aliphatic carbocycles. The number of carbonyl (C=O) groups excluding carboxylic acids is 1. The topological polar surface area (TPSA) is 48.0 Å². The monoisotopic (exact) mass is 364 g/mol. The van der Waals surface area contributed by atoms with Gasteiger partial charge in [-0.05, 0) is 61.9 Å². The van der Waals surface area contributed by atoms with Crippen molar-refractivity contribution in [3.8, 4) is 11.6 Å². The Balaban J connectivity index is 1.91. The van der Waals surface area contributed by atoms with E-state index in [4.69, 9.17) is 21.0 Å². The summed E-state index contributed by atoms with van der Waals surface area (Å²) in [4.78, 5) is 16.6. The summed E-state index contributed by atoms with van der Waals surface area (Å²) in [5.74, 6) is 2.30. The van der Waals surface area contributed by atoms with Gasteiger partial charge in [-0.3, -0.25) is 4.79 Å². The molecule has 130 valence electrons. The van der Waals surface area contributed by atoms with Crippen LogP contribution in [-0.4, -0.2) is 15.3 Å². The summed E-state index contributed by atoms with van der Waals surface area (Å²) in [6, 6.07) is 17.1. The second-order valence-electron chi connectivity index (χ2n) is 6.32.